The summed E-state index contributed by atoms with van der Waals surface area (Å²) in [6.07, 6.45) is -4.46. The highest BCUT2D eigenvalue weighted by atomic mass is 19.4. The number of nitrogens with zero attached hydrogens (tertiary/aromatic N) is 1. The molecule has 19 heavy (non-hydrogen) atoms. The number of amides is 1. The molecule has 0 radical (unpaired) electrons. The van der Waals surface area contributed by atoms with Gasteiger partial charge in [0.25, 0.3) is 0 Å². The minimum absolute atomic E-state index is 0.0744. The number of halogens is 3. The van der Waals surface area contributed by atoms with Gasteiger partial charge in [-0.2, -0.15) is 13.2 Å². The topological polar surface area (TPSA) is 57.6 Å². The fourth-order valence-electron chi connectivity index (χ4n) is 1.13. The standard InChI is InChI=1S/C10H8F3NO3.C2H6/c1-14(8(15)9(16)17)7-4-2-6(3-5-7)10(11,12)13;1-2/h2-5H,1H3,(H,16,17);1-2H3. The van der Waals surface area contributed by atoms with Crippen LogP contribution in [0.15, 0.2) is 24.3 Å². The number of hydrogen-bond acceptors (Lipinski definition) is 2. The Morgan fingerprint density at radius 2 is 1.53 bits per heavy atom. The maximum Gasteiger partial charge on any atom is 0.416 e. The van der Waals surface area contributed by atoms with Crippen LogP contribution in [0.2, 0.25) is 0 Å². The molecule has 0 aliphatic carbocycles. The molecule has 0 saturated carbocycles. The second kappa shape index (κ2) is 6.77. The van der Waals surface area contributed by atoms with Crippen molar-refractivity contribution in [3.63, 3.8) is 0 Å². The first-order valence-corrected chi connectivity index (χ1v) is 5.41. The van der Waals surface area contributed by atoms with Gasteiger partial charge in [-0.1, -0.05) is 13.8 Å². The maximum atomic E-state index is 12.2. The minimum atomic E-state index is -4.46. The van der Waals surface area contributed by atoms with Gasteiger partial charge in [-0.05, 0) is 24.3 Å². The highest BCUT2D eigenvalue weighted by Crippen LogP contribution is 2.30. The van der Waals surface area contributed by atoms with Crippen LogP contribution in [0, 0.1) is 0 Å². The van der Waals surface area contributed by atoms with Gasteiger partial charge >= 0.3 is 18.1 Å². The van der Waals surface area contributed by atoms with Gasteiger partial charge in [0.05, 0.1) is 5.56 Å². The molecule has 1 N–H and O–H groups in total. The van der Waals surface area contributed by atoms with E-state index >= 15 is 0 Å². The van der Waals surface area contributed by atoms with Gasteiger partial charge in [0, 0.05) is 12.7 Å². The second-order valence-electron chi connectivity index (χ2n) is 3.21. The number of alkyl halides is 3. The molecule has 0 aliphatic heterocycles. The van der Waals surface area contributed by atoms with E-state index in [-0.39, 0.29) is 5.69 Å². The SMILES string of the molecule is CC.CN(C(=O)C(=O)O)c1ccc(C(F)(F)F)cc1. The number of anilines is 1. The molecule has 7 heteroatoms. The van der Waals surface area contributed by atoms with Crippen LogP contribution in [-0.4, -0.2) is 24.0 Å². The van der Waals surface area contributed by atoms with Crippen LogP contribution in [0.5, 0.6) is 0 Å². The zero-order valence-electron chi connectivity index (χ0n) is 10.7. The Bertz CT molecular complexity index is 441. The average molecular weight is 277 g/mol. The Balaban J connectivity index is 0.00000154. The third kappa shape index (κ3) is 4.61. The molecule has 0 bridgehead atoms. The maximum absolute atomic E-state index is 12.2. The lowest BCUT2D eigenvalue weighted by atomic mass is 10.2. The Kier molecular flexibility index (Phi) is 6.04. The van der Waals surface area contributed by atoms with Gasteiger partial charge in [-0.25, -0.2) is 4.79 Å². The number of carbonyl (C=O) groups is 2. The van der Waals surface area contributed by atoms with E-state index in [1.807, 2.05) is 13.8 Å². The van der Waals surface area contributed by atoms with Crippen molar-refractivity contribution in [3.8, 4) is 0 Å². The number of carboxylic acids is 1. The molecule has 1 aromatic carbocycles. The lowest BCUT2D eigenvalue weighted by Gasteiger charge is -2.15. The number of rotatable bonds is 1. The second-order valence-corrected chi connectivity index (χ2v) is 3.21. The first kappa shape index (κ1) is 16.9. The summed E-state index contributed by atoms with van der Waals surface area (Å²) in [5.74, 6) is -2.89. The molecular weight excluding hydrogens is 263 g/mol. The van der Waals surface area contributed by atoms with Crippen molar-refractivity contribution in [1.29, 1.82) is 0 Å². The van der Waals surface area contributed by atoms with E-state index in [1.165, 1.54) is 7.05 Å². The molecule has 0 atom stereocenters. The smallest absolute Gasteiger partial charge is 0.416 e. The van der Waals surface area contributed by atoms with Gasteiger partial charge in [0.2, 0.25) is 0 Å². The molecule has 0 aliphatic rings. The summed E-state index contributed by atoms with van der Waals surface area (Å²) in [6.45, 7) is 4.00. The Hall–Kier alpha value is -2.05. The van der Waals surface area contributed by atoms with E-state index in [1.54, 1.807) is 0 Å². The fraction of sp³-hybridized carbons (Fsp3) is 0.333. The van der Waals surface area contributed by atoms with Crippen LogP contribution < -0.4 is 4.90 Å². The van der Waals surface area contributed by atoms with E-state index < -0.39 is 23.6 Å². The molecule has 0 spiro atoms. The van der Waals surface area contributed by atoms with Crippen LogP contribution in [0.3, 0.4) is 0 Å². The summed E-state index contributed by atoms with van der Waals surface area (Å²) in [6, 6.07) is 3.62. The predicted molar refractivity (Wildman–Crippen MR) is 63.8 cm³/mol. The predicted octanol–water partition coefficient (Wildman–Crippen LogP) is 2.78. The molecule has 0 unspecified atom stereocenters. The molecule has 1 amide bonds. The summed E-state index contributed by atoms with van der Waals surface area (Å²) in [4.78, 5) is 22.2. The van der Waals surface area contributed by atoms with Crippen molar-refractivity contribution < 1.29 is 27.9 Å². The average Bonchev–Trinajstić information content (AvgIpc) is 2.38. The first-order valence-electron chi connectivity index (χ1n) is 5.41. The zero-order valence-corrected chi connectivity index (χ0v) is 10.7. The molecule has 0 heterocycles. The van der Waals surface area contributed by atoms with E-state index in [4.69, 9.17) is 5.11 Å². The number of carboxylic acid groups (broad SMARTS) is 1. The van der Waals surface area contributed by atoms with Gasteiger partial charge in [0.15, 0.2) is 0 Å². The van der Waals surface area contributed by atoms with Crippen molar-refractivity contribution >= 4 is 17.6 Å². The van der Waals surface area contributed by atoms with E-state index in [0.717, 1.165) is 29.2 Å². The molecular formula is C12H14F3NO3. The number of carbonyl (C=O) groups excluding carboxylic acids is 1. The Morgan fingerprint density at radius 1 is 1.11 bits per heavy atom. The number of likely N-dealkylation sites (N-methyl/N-ethyl adjacent to an activating group) is 1. The highest BCUT2D eigenvalue weighted by molar-refractivity contribution is 6.37. The molecule has 1 aromatic rings. The van der Waals surface area contributed by atoms with E-state index in [9.17, 15) is 22.8 Å². The molecule has 0 aromatic heterocycles. The zero-order chi connectivity index (χ0) is 15.2. The Morgan fingerprint density at radius 3 is 1.84 bits per heavy atom. The van der Waals surface area contributed by atoms with Gasteiger partial charge in [0.1, 0.15) is 0 Å². The van der Waals surface area contributed by atoms with Crippen LogP contribution in [0.1, 0.15) is 19.4 Å². The van der Waals surface area contributed by atoms with Crippen molar-refractivity contribution in [2.24, 2.45) is 0 Å². The highest BCUT2D eigenvalue weighted by Gasteiger charge is 2.30. The molecule has 106 valence electrons. The van der Waals surface area contributed by atoms with E-state index in [2.05, 4.69) is 0 Å². The van der Waals surface area contributed by atoms with Crippen LogP contribution in [0.25, 0.3) is 0 Å². The molecule has 4 nitrogen and oxygen atoms in total. The minimum Gasteiger partial charge on any atom is -0.474 e. The molecule has 0 fully saturated rings. The van der Waals surface area contributed by atoms with Gasteiger partial charge in [-0.15, -0.1) is 0 Å². The number of benzene rings is 1. The van der Waals surface area contributed by atoms with Crippen molar-refractivity contribution in [1.82, 2.24) is 0 Å². The van der Waals surface area contributed by atoms with Crippen LogP contribution >= 0.6 is 0 Å². The summed E-state index contributed by atoms with van der Waals surface area (Å²) >= 11 is 0. The number of hydrogen-bond donors (Lipinski definition) is 1. The van der Waals surface area contributed by atoms with Crippen molar-refractivity contribution in [3.05, 3.63) is 29.8 Å². The quantitative estimate of drug-likeness (QED) is 0.803. The number of aliphatic carboxylic acids is 1. The normalized spacial score (nSPS) is 10.2. The third-order valence-corrected chi connectivity index (χ3v) is 2.07. The lowest BCUT2D eigenvalue weighted by molar-refractivity contribution is -0.148. The lowest BCUT2D eigenvalue weighted by Crippen LogP contribution is -2.32. The largest absolute Gasteiger partial charge is 0.474 e. The van der Waals surface area contributed by atoms with Crippen molar-refractivity contribution in [2.75, 3.05) is 11.9 Å². The molecule has 0 saturated heterocycles. The summed E-state index contributed by atoms with van der Waals surface area (Å²) in [5, 5.41) is 8.43. The summed E-state index contributed by atoms with van der Waals surface area (Å²) < 4.78 is 36.7. The van der Waals surface area contributed by atoms with Gasteiger partial charge in [-0.3, -0.25) is 4.79 Å². The van der Waals surface area contributed by atoms with E-state index in [0.29, 0.717) is 0 Å². The summed E-state index contributed by atoms with van der Waals surface area (Å²) in [5.41, 5.74) is -0.789. The van der Waals surface area contributed by atoms with Crippen LogP contribution in [0.4, 0.5) is 18.9 Å². The van der Waals surface area contributed by atoms with Crippen LogP contribution in [-0.2, 0) is 15.8 Å². The monoisotopic (exact) mass is 277 g/mol. The van der Waals surface area contributed by atoms with Crippen molar-refractivity contribution in [2.45, 2.75) is 20.0 Å². The van der Waals surface area contributed by atoms with Gasteiger partial charge < -0.3 is 10.0 Å². The first-order chi connectivity index (χ1) is 8.73. The Labute approximate surface area is 108 Å². The fourth-order valence-corrected chi connectivity index (χ4v) is 1.13. The summed E-state index contributed by atoms with van der Waals surface area (Å²) in [7, 11) is 1.17. The third-order valence-electron chi connectivity index (χ3n) is 2.07. The molecule has 1 rings (SSSR count).